The number of rotatable bonds is 4. The van der Waals surface area contributed by atoms with Crippen LogP contribution in [0.25, 0.3) is 0 Å². The first kappa shape index (κ1) is 19.2. The quantitative estimate of drug-likeness (QED) is 0.877. The average molecular weight is 383 g/mol. The number of nitrogen functional groups attached to an aromatic ring is 1. The molecule has 1 aliphatic heterocycles. The number of carbonyl (C=O) groups is 1. The SMILES string of the molecule is COC(C(=O)N1CCC[C@H]1c1nc(N)n(C)n1)c1ccccc1C(F)(F)F. The number of anilines is 1. The Hall–Kier alpha value is -2.62. The molecule has 0 radical (unpaired) electrons. The molecule has 1 unspecified atom stereocenters. The molecule has 1 aromatic heterocycles. The van der Waals surface area contributed by atoms with Crippen LogP contribution in [0.15, 0.2) is 24.3 Å². The van der Waals surface area contributed by atoms with Crippen molar-refractivity contribution in [3.8, 4) is 0 Å². The molecule has 146 valence electrons. The van der Waals surface area contributed by atoms with Gasteiger partial charge in [-0.25, -0.2) is 4.68 Å². The van der Waals surface area contributed by atoms with Crippen LogP contribution in [0.3, 0.4) is 0 Å². The molecule has 0 saturated carbocycles. The minimum Gasteiger partial charge on any atom is -0.368 e. The van der Waals surface area contributed by atoms with Crippen molar-refractivity contribution in [1.29, 1.82) is 0 Å². The van der Waals surface area contributed by atoms with E-state index in [4.69, 9.17) is 10.5 Å². The molecule has 2 heterocycles. The third kappa shape index (κ3) is 3.61. The third-order valence-electron chi connectivity index (χ3n) is 4.66. The lowest BCUT2D eigenvalue weighted by Crippen LogP contribution is -2.36. The van der Waals surface area contributed by atoms with Gasteiger partial charge in [-0.3, -0.25) is 4.79 Å². The average Bonchev–Trinajstić information content (AvgIpc) is 3.22. The second-order valence-electron chi connectivity index (χ2n) is 6.34. The molecule has 1 saturated heterocycles. The number of amides is 1. The summed E-state index contributed by atoms with van der Waals surface area (Å²) < 4.78 is 46.7. The number of carbonyl (C=O) groups excluding carboxylic acids is 1. The predicted molar refractivity (Wildman–Crippen MR) is 90.3 cm³/mol. The molecular weight excluding hydrogens is 363 g/mol. The Morgan fingerprint density at radius 2 is 2.07 bits per heavy atom. The number of aryl methyl sites for hydroxylation is 1. The third-order valence-corrected chi connectivity index (χ3v) is 4.66. The molecule has 27 heavy (non-hydrogen) atoms. The Labute approximate surface area is 153 Å². The number of alkyl halides is 3. The molecule has 1 aliphatic rings. The van der Waals surface area contributed by atoms with Gasteiger partial charge in [0.25, 0.3) is 5.91 Å². The maximum absolute atomic E-state index is 13.4. The topological polar surface area (TPSA) is 86.3 Å². The van der Waals surface area contributed by atoms with Crippen LogP contribution in [0.4, 0.5) is 19.1 Å². The fraction of sp³-hybridized carbons (Fsp3) is 0.471. The maximum Gasteiger partial charge on any atom is 0.416 e. The molecule has 0 aliphatic carbocycles. The summed E-state index contributed by atoms with van der Waals surface area (Å²) >= 11 is 0. The molecular formula is C17H20F3N5O2. The lowest BCUT2D eigenvalue weighted by Gasteiger charge is -2.28. The summed E-state index contributed by atoms with van der Waals surface area (Å²) in [6.45, 7) is 0.385. The normalized spacial score (nSPS) is 18.7. The minimum absolute atomic E-state index is 0.204. The molecule has 2 N–H and O–H groups in total. The Balaban J connectivity index is 1.93. The molecule has 3 rings (SSSR count). The highest BCUT2D eigenvalue weighted by atomic mass is 19.4. The van der Waals surface area contributed by atoms with Crippen molar-refractivity contribution in [2.45, 2.75) is 31.2 Å². The number of ether oxygens (including phenoxy) is 1. The summed E-state index contributed by atoms with van der Waals surface area (Å²) in [4.78, 5) is 18.7. The summed E-state index contributed by atoms with van der Waals surface area (Å²) in [6, 6.07) is 4.49. The standard InChI is InChI=1S/C17H20F3N5O2/c1-24-16(21)22-14(23-24)12-8-5-9-25(12)15(26)13(27-2)10-6-3-4-7-11(10)17(18,19)20/h3-4,6-7,12-13H,5,8-9H2,1-2H3,(H2,21,22,23)/t12-,13?/m0/s1. The van der Waals surface area contributed by atoms with Crippen LogP contribution in [0.2, 0.25) is 0 Å². The lowest BCUT2D eigenvalue weighted by atomic mass is 10.0. The fourth-order valence-electron chi connectivity index (χ4n) is 3.35. The van der Waals surface area contributed by atoms with Crippen LogP contribution >= 0.6 is 0 Å². The van der Waals surface area contributed by atoms with Crippen LogP contribution in [0, 0.1) is 0 Å². The zero-order valence-electron chi connectivity index (χ0n) is 14.9. The number of hydrogen-bond acceptors (Lipinski definition) is 5. The molecule has 7 nitrogen and oxygen atoms in total. The molecule has 10 heteroatoms. The Bertz CT molecular complexity index is 817. The summed E-state index contributed by atoms with van der Waals surface area (Å²) in [6.07, 6.45) is -4.67. The van der Waals surface area contributed by atoms with Crippen molar-refractivity contribution in [2.75, 3.05) is 19.4 Å². The predicted octanol–water partition coefficient (Wildman–Crippen LogP) is 2.47. The first-order valence-corrected chi connectivity index (χ1v) is 8.39. The molecule has 2 aromatic rings. The van der Waals surface area contributed by atoms with Crippen molar-refractivity contribution in [2.24, 2.45) is 7.05 Å². The Morgan fingerprint density at radius 1 is 1.37 bits per heavy atom. The fourth-order valence-corrected chi connectivity index (χ4v) is 3.35. The van der Waals surface area contributed by atoms with Crippen LogP contribution in [-0.2, 0) is 22.8 Å². The number of likely N-dealkylation sites (tertiary alicyclic amines) is 1. The van der Waals surface area contributed by atoms with Gasteiger partial charge in [0, 0.05) is 26.3 Å². The summed E-state index contributed by atoms with van der Waals surface area (Å²) in [5.41, 5.74) is 4.61. The lowest BCUT2D eigenvalue weighted by molar-refractivity contribution is -0.147. The van der Waals surface area contributed by atoms with E-state index in [0.717, 1.165) is 6.07 Å². The summed E-state index contributed by atoms with van der Waals surface area (Å²) in [7, 11) is 2.85. The van der Waals surface area contributed by atoms with Gasteiger partial charge in [-0.15, -0.1) is 0 Å². The largest absolute Gasteiger partial charge is 0.416 e. The highest BCUT2D eigenvalue weighted by Gasteiger charge is 2.41. The van der Waals surface area contributed by atoms with Crippen LogP contribution in [-0.4, -0.2) is 39.2 Å². The number of aromatic nitrogens is 3. The van der Waals surface area contributed by atoms with E-state index >= 15 is 0 Å². The minimum atomic E-state index is -4.59. The first-order chi connectivity index (χ1) is 12.7. The van der Waals surface area contributed by atoms with Crippen molar-refractivity contribution >= 4 is 11.9 Å². The smallest absolute Gasteiger partial charge is 0.368 e. The van der Waals surface area contributed by atoms with E-state index in [1.807, 2.05) is 0 Å². The molecule has 1 fully saturated rings. The highest BCUT2D eigenvalue weighted by Crippen LogP contribution is 2.38. The first-order valence-electron chi connectivity index (χ1n) is 8.39. The monoisotopic (exact) mass is 383 g/mol. The molecule has 2 atom stereocenters. The number of benzene rings is 1. The summed E-state index contributed by atoms with van der Waals surface area (Å²) in [5, 5.41) is 4.21. The van der Waals surface area contributed by atoms with Crippen LogP contribution in [0.5, 0.6) is 0 Å². The van der Waals surface area contributed by atoms with Gasteiger partial charge in [0.2, 0.25) is 5.95 Å². The summed E-state index contributed by atoms with van der Waals surface area (Å²) in [5.74, 6) is 0.0255. The van der Waals surface area contributed by atoms with E-state index in [9.17, 15) is 18.0 Å². The van der Waals surface area contributed by atoms with E-state index < -0.39 is 29.8 Å². The van der Waals surface area contributed by atoms with E-state index in [2.05, 4.69) is 10.1 Å². The number of nitrogens with zero attached hydrogens (tertiary/aromatic N) is 4. The van der Waals surface area contributed by atoms with Gasteiger partial charge in [-0.05, 0) is 18.9 Å². The molecule has 0 bridgehead atoms. The van der Waals surface area contributed by atoms with Crippen molar-refractivity contribution in [3.05, 3.63) is 41.2 Å². The second kappa shape index (κ2) is 7.18. The van der Waals surface area contributed by atoms with Crippen molar-refractivity contribution in [3.63, 3.8) is 0 Å². The van der Waals surface area contributed by atoms with E-state index in [0.29, 0.717) is 25.2 Å². The second-order valence-corrected chi connectivity index (χ2v) is 6.34. The number of halogens is 3. The van der Waals surface area contributed by atoms with E-state index in [1.54, 1.807) is 7.05 Å². The Kier molecular flexibility index (Phi) is 5.09. The molecule has 1 aromatic carbocycles. The van der Waals surface area contributed by atoms with Gasteiger partial charge < -0.3 is 15.4 Å². The van der Waals surface area contributed by atoms with Gasteiger partial charge in [-0.2, -0.15) is 23.3 Å². The number of hydrogen-bond donors (Lipinski definition) is 1. The highest BCUT2D eigenvalue weighted by molar-refractivity contribution is 5.83. The van der Waals surface area contributed by atoms with Gasteiger partial charge in [0.1, 0.15) is 0 Å². The molecule has 1 amide bonds. The number of nitrogens with two attached hydrogens (primary N) is 1. The van der Waals surface area contributed by atoms with Crippen LogP contribution in [0.1, 0.15) is 41.9 Å². The van der Waals surface area contributed by atoms with Crippen molar-refractivity contribution < 1.29 is 22.7 Å². The van der Waals surface area contributed by atoms with Gasteiger partial charge >= 0.3 is 6.18 Å². The number of methoxy groups -OCH3 is 1. The van der Waals surface area contributed by atoms with Crippen molar-refractivity contribution in [1.82, 2.24) is 19.7 Å². The van der Waals surface area contributed by atoms with Gasteiger partial charge in [0.15, 0.2) is 11.9 Å². The zero-order chi connectivity index (χ0) is 19.8. The van der Waals surface area contributed by atoms with Crippen LogP contribution < -0.4 is 5.73 Å². The molecule has 0 spiro atoms. The maximum atomic E-state index is 13.4. The van der Waals surface area contributed by atoms with E-state index in [-0.39, 0.29) is 11.5 Å². The van der Waals surface area contributed by atoms with Gasteiger partial charge in [-0.1, -0.05) is 18.2 Å². The van der Waals surface area contributed by atoms with Gasteiger partial charge in [0.05, 0.1) is 11.6 Å². The zero-order valence-corrected chi connectivity index (χ0v) is 14.9. The van der Waals surface area contributed by atoms with E-state index in [1.165, 1.54) is 34.9 Å². The Morgan fingerprint density at radius 3 is 2.67 bits per heavy atom.